The number of sulfonamides is 1. The number of anilines is 2. The van der Waals surface area contributed by atoms with E-state index in [9.17, 15) is 13.2 Å². The smallest absolute Gasteiger partial charge is 0.281 e. The van der Waals surface area contributed by atoms with Gasteiger partial charge in [0.15, 0.2) is 5.03 Å². The summed E-state index contributed by atoms with van der Waals surface area (Å²) in [5.41, 5.74) is 4.98. The molecule has 0 spiro atoms. The van der Waals surface area contributed by atoms with Gasteiger partial charge in [-0.15, -0.1) is 0 Å². The van der Waals surface area contributed by atoms with Gasteiger partial charge in [0.2, 0.25) is 11.8 Å². The summed E-state index contributed by atoms with van der Waals surface area (Å²) < 4.78 is 36.1. The summed E-state index contributed by atoms with van der Waals surface area (Å²) in [5, 5.41) is -0.311. The summed E-state index contributed by atoms with van der Waals surface area (Å²) in [4.78, 5) is 36.4. The molecule has 1 aliphatic carbocycles. The number of carbonyl (C=O) groups excluding carboxylic acids is 1. The number of pyridine rings is 2. The van der Waals surface area contributed by atoms with Crippen LogP contribution in [-0.2, 0) is 16.6 Å². The lowest BCUT2D eigenvalue weighted by Gasteiger charge is -2.37. The molecule has 4 aromatic rings. The minimum Gasteiger partial charge on any atom is -0.475 e. The van der Waals surface area contributed by atoms with Crippen molar-refractivity contribution in [2.75, 3.05) is 23.3 Å². The van der Waals surface area contributed by atoms with Gasteiger partial charge in [-0.05, 0) is 79.8 Å². The Kier molecular flexibility index (Phi) is 9.12. The van der Waals surface area contributed by atoms with Gasteiger partial charge in [-0.2, -0.15) is 13.4 Å². The van der Waals surface area contributed by atoms with Crippen LogP contribution in [0.1, 0.15) is 73.6 Å². The number of fused-ring (bicyclic) bond motifs is 4. The summed E-state index contributed by atoms with van der Waals surface area (Å²) in [6.07, 6.45) is 7.72. The van der Waals surface area contributed by atoms with Crippen LogP contribution in [0.2, 0.25) is 0 Å². The van der Waals surface area contributed by atoms with Gasteiger partial charge < -0.3 is 14.5 Å². The molecule has 0 saturated heterocycles. The standard InChI is InChI=1S/C36H43N7O4S/c1-23-10-7-11-24(2)33(23)30-17-31-40-35(39-30)41-48(45,46)32-15-9-14-29(38-32)34(44)43(28(22-47-31)18-36(3,4)5)21-25-16-27(20-37-19-25)42(6)26-12-8-13-26/h7,9-11,14-17,19-20,26,28H,8,12-13,18,21-22H2,1-6H3,(H,39,40,41)/t28-/m1/s1. The number of carbonyl (C=O) groups is 1. The first-order valence-electron chi connectivity index (χ1n) is 16.3. The van der Waals surface area contributed by atoms with E-state index < -0.39 is 22.0 Å². The Morgan fingerprint density at radius 3 is 2.40 bits per heavy atom. The Morgan fingerprint density at radius 1 is 0.979 bits per heavy atom. The maximum absolute atomic E-state index is 14.4. The van der Waals surface area contributed by atoms with Crippen LogP contribution in [0.3, 0.4) is 0 Å². The second-order valence-corrected chi connectivity index (χ2v) is 15.7. The Hall–Kier alpha value is -4.58. The Labute approximate surface area is 282 Å². The molecule has 1 amide bonds. The van der Waals surface area contributed by atoms with Crippen LogP contribution in [0, 0.1) is 19.3 Å². The van der Waals surface area contributed by atoms with Crippen LogP contribution in [0.15, 0.2) is 66.0 Å². The normalized spacial score (nSPS) is 18.0. The first-order valence-corrected chi connectivity index (χ1v) is 17.8. The number of amides is 1. The van der Waals surface area contributed by atoms with Gasteiger partial charge in [-0.25, -0.2) is 14.7 Å². The zero-order chi connectivity index (χ0) is 34.2. The first kappa shape index (κ1) is 33.3. The minimum absolute atomic E-state index is 0.00980. The molecule has 2 aliphatic rings. The average Bonchev–Trinajstić information content (AvgIpc) is 3.00. The largest absolute Gasteiger partial charge is 0.475 e. The number of rotatable bonds is 6. The fourth-order valence-corrected chi connectivity index (χ4v) is 7.26. The maximum Gasteiger partial charge on any atom is 0.281 e. The molecule has 11 nitrogen and oxygen atoms in total. The Morgan fingerprint density at radius 2 is 1.71 bits per heavy atom. The molecule has 12 heteroatoms. The zero-order valence-corrected chi connectivity index (χ0v) is 29.2. The third-order valence-electron chi connectivity index (χ3n) is 9.02. The third kappa shape index (κ3) is 7.28. The van der Waals surface area contributed by atoms with Crippen molar-refractivity contribution in [3.05, 3.63) is 83.3 Å². The molecule has 0 unspecified atom stereocenters. The highest BCUT2D eigenvalue weighted by molar-refractivity contribution is 7.92. The van der Waals surface area contributed by atoms with Crippen LogP contribution in [0.25, 0.3) is 11.3 Å². The number of aromatic nitrogens is 4. The van der Waals surface area contributed by atoms with Gasteiger partial charge >= 0.3 is 0 Å². The van der Waals surface area contributed by atoms with E-state index in [1.807, 2.05) is 38.2 Å². The number of ether oxygens (including phenoxy) is 1. The summed E-state index contributed by atoms with van der Waals surface area (Å²) in [7, 11) is -2.19. The van der Waals surface area contributed by atoms with E-state index in [2.05, 4.69) is 63.4 Å². The molecule has 1 N–H and O–H groups in total. The van der Waals surface area contributed by atoms with Gasteiger partial charge in [-0.1, -0.05) is 45.0 Å². The van der Waals surface area contributed by atoms with Crippen molar-refractivity contribution >= 4 is 27.6 Å². The SMILES string of the molecule is Cc1cccc(C)c1-c1cc2nc(n1)NS(=O)(=O)c1cccc(n1)C(=O)N(Cc1cncc(N(C)C3CCC3)c1)[C@H](CC(C)(C)C)CO2. The number of hydrogen-bond donors (Lipinski definition) is 1. The van der Waals surface area contributed by atoms with Gasteiger partial charge in [0.1, 0.15) is 12.3 Å². The first-order chi connectivity index (χ1) is 22.8. The number of nitrogens with zero attached hydrogens (tertiary/aromatic N) is 6. The molecule has 0 radical (unpaired) electrons. The molecule has 1 fully saturated rings. The highest BCUT2D eigenvalue weighted by Gasteiger charge is 2.32. The third-order valence-corrected chi connectivity index (χ3v) is 10.2. The molecule has 3 aromatic heterocycles. The van der Waals surface area contributed by atoms with E-state index in [0.717, 1.165) is 40.8 Å². The topological polar surface area (TPSA) is 131 Å². The molecule has 4 bridgehead atoms. The predicted molar refractivity (Wildman–Crippen MR) is 185 cm³/mol. The van der Waals surface area contributed by atoms with Crippen LogP contribution < -0.4 is 14.4 Å². The van der Waals surface area contributed by atoms with Gasteiger partial charge in [0.25, 0.3) is 15.9 Å². The molecule has 6 rings (SSSR count). The van der Waals surface area contributed by atoms with Crippen molar-refractivity contribution in [2.45, 2.75) is 84.0 Å². The zero-order valence-electron chi connectivity index (χ0n) is 28.4. The van der Waals surface area contributed by atoms with E-state index in [1.165, 1.54) is 24.6 Å². The van der Waals surface area contributed by atoms with Crippen molar-refractivity contribution in [1.29, 1.82) is 0 Å². The molecule has 1 saturated carbocycles. The van der Waals surface area contributed by atoms with E-state index in [4.69, 9.17) is 4.74 Å². The highest BCUT2D eigenvalue weighted by Crippen LogP contribution is 2.32. The summed E-state index contributed by atoms with van der Waals surface area (Å²) in [5.74, 6) is -0.363. The van der Waals surface area contributed by atoms with Crippen molar-refractivity contribution in [3.8, 4) is 17.1 Å². The van der Waals surface area contributed by atoms with Crippen molar-refractivity contribution in [2.24, 2.45) is 5.41 Å². The number of hydrogen-bond acceptors (Lipinski definition) is 9. The fraction of sp³-hybridized carbons (Fsp3) is 0.417. The lowest BCUT2D eigenvalue weighted by Crippen LogP contribution is -2.45. The lowest BCUT2D eigenvalue weighted by atomic mass is 9.87. The lowest BCUT2D eigenvalue weighted by molar-refractivity contribution is 0.0506. The predicted octanol–water partition coefficient (Wildman–Crippen LogP) is 6.18. The molecule has 1 atom stereocenters. The molecule has 48 heavy (non-hydrogen) atoms. The monoisotopic (exact) mass is 669 g/mol. The summed E-state index contributed by atoms with van der Waals surface area (Å²) >= 11 is 0. The van der Waals surface area contributed by atoms with E-state index >= 15 is 0 Å². The molecule has 1 aliphatic heterocycles. The van der Waals surface area contributed by atoms with Crippen LogP contribution in [0.5, 0.6) is 5.88 Å². The van der Waals surface area contributed by atoms with Crippen LogP contribution in [-0.4, -0.2) is 64.9 Å². The Bertz CT molecular complexity index is 1920. The van der Waals surface area contributed by atoms with Gasteiger partial charge in [0, 0.05) is 37.5 Å². The maximum atomic E-state index is 14.4. The quantitative estimate of drug-likeness (QED) is 0.256. The highest BCUT2D eigenvalue weighted by atomic mass is 32.2. The van der Waals surface area contributed by atoms with Gasteiger partial charge in [0.05, 0.1) is 23.6 Å². The van der Waals surface area contributed by atoms with E-state index in [0.29, 0.717) is 18.2 Å². The summed E-state index contributed by atoms with van der Waals surface area (Å²) in [6, 6.07) is 14.2. The van der Waals surface area contributed by atoms with Crippen molar-refractivity contribution < 1.29 is 17.9 Å². The molecular weight excluding hydrogens is 627 g/mol. The molecule has 1 aromatic carbocycles. The number of aryl methyl sites for hydroxylation is 2. The van der Waals surface area contributed by atoms with Crippen molar-refractivity contribution in [1.82, 2.24) is 24.8 Å². The van der Waals surface area contributed by atoms with Crippen LogP contribution >= 0.6 is 0 Å². The van der Waals surface area contributed by atoms with Crippen LogP contribution in [0.4, 0.5) is 11.6 Å². The number of benzene rings is 1. The second kappa shape index (κ2) is 13.1. The molecule has 252 valence electrons. The summed E-state index contributed by atoms with van der Waals surface area (Å²) in [6.45, 7) is 10.6. The second-order valence-electron chi connectivity index (χ2n) is 14.1. The average molecular weight is 670 g/mol. The van der Waals surface area contributed by atoms with E-state index in [-0.39, 0.29) is 41.1 Å². The van der Waals surface area contributed by atoms with Gasteiger partial charge in [-0.3, -0.25) is 9.78 Å². The van der Waals surface area contributed by atoms with E-state index in [1.54, 1.807) is 17.2 Å². The van der Waals surface area contributed by atoms with Crippen molar-refractivity contribution in [3.63, 3.8) is 0 Å². The number of nitrogens with one attached hydrogen (secondary N) is 1. The fourth-order valence-electron chi connectivity index (χ4n) is 6.34. The molecular formula is C36H43N7O4S. The minimum atomic E-state index is -4.27. The Balaban J connectivity index is 1.46. The molecule has 4 heterocycles.